The number of hydrogen-bond donors (Lipinski definition) is 1. The fourth-order valence-corrected chi connectivity index (χ4v) is 3.60. The SMILES string of the molecule is COc1ccc(OC)c(/C=C/C(=O)NCCc2nc3ccccc3n2CCCN(C)C)c1. The van der Waals surface area contributed by atoms with Gasteiger partial charge in [-0.25, -0.2) is 4.98 Å². The molecule has 1 amide bonds. The monoisotopic (exact) mass is 436 g/mol. The second kappa shape index (κ2) is 11.3. The van der Waals surface area contributed by atoms with Gasteiger partial charge in [0.1, 0.15) is 17.3 Å². The van der Waals surface area contributed by atoms with Crippen molar-refractivity contribution in [3.8, 4) is 11.5 Å². The summed E-state index contributed by atoms with van der Waals surface area (Å²) in [5.41, 5.74) is 2.91. The topological polar surface area (TPSA) is 68.6 Å². The average Bonchev–Trinajstić information content (AvgIpc) is 3.14. The minimum atomic E-state index is -0.162. The largest absolute Gasteiger partial charge is 0.497 e. The normalized spacial score (nSPS) is 11.4. The van der Waals surface area contributed by atoms with Crippen molar-refractivity contribution in [1.82, 2.24) is 19.8 Å². The first-order valence-electron chi connectivity index (χ1n) is 10.8. The number of nitrogens with one attached hydrogen (secondary N) is 1. The molecule has 0 spiro atoms. The third kappa shape index (κ3) is 6.11. The Morgan fingerprint density at radius 1 is 1.16 bits per heavy atom. The number of methoxy groups -OCH3 is 2. The third-order valence-corrected chi connectivity index (χ3v) is 5.22. The van der Waals surface area contributed by atoms with Crippen LogP contribution in [0.2, 0.25) is 0 Å². The Balaban J connectivity index is 1.62. The van der Waals surface area contributed by atoms with Crippen molar-refractivity contribution >= 4 is 23.0 Å². The number of ether oxygens (including phenoxy) is 2. The van der Waals surface area contributed by atoms with Crippen LogP contribution in [0.1, 0.15) is 17.8 Å². The van der Waals surface area contributed by atoms with Gasteiger partial charge in [-0.2, -0.15) is 0 Å². The number of aryl methyl sites for hydroxylation is 1. The zero-order valence-electron chi connectivity index (χ0n) is 19.3. The van der Waals surface area contributed by atoms with Gasteiger partial charge in [0, 0.05) is 31.1 Å². The van der Waals surface area contributed by atoms with Gasteiger partial charge < -0.3 is 24.3 Å². The first-order valence-corrected chi connectivity index (χ1v) is 10.8. The Morgan fingerprint density at radius 2 is 1.97 bits per heavy atom. The molecule has 0 aliphatic carbocycles. The molecule has 0 radical (unpaired) electrons. The van der Waals surface area contributed by atoms with Gasteiger partial charge in [0.15, 0.2) is 0 Å². The van der Waals surface area contributed by atoms with Crippen LogP contribution in [0.25, 0.3) is 17.1 Å². The molecule has 7 heteroatoms. The maximum Gasteiger partial charge on any atom is 0.244 e. The molecule has 1 heterocycles. The van der Waals surface area contributed by atoms with Gasteiger partial charge in [-0.3, -0.25) is 4.79 Å². The van der Waals surface area contributed by atoms with Crippen LogP contribution in [0.4, 0.5) is 0 Å². The van der Waals surface area contributed by atoms with E-state index in [4.69, 9.17) is 14.5 Å². The molecule has 0 saturated heterocycles. The number of carbonyl (C=O) groups excluding carboxylic acids is 1. The van der Waals surface area contributed by atoms with Crippen LogP contribution >= 0.6 is 0 Å². The number of carbonyl (C=O) groups is 1. The molecule has 3 aromatic rings. The Morgan fingerprint density at radius 3 is 2.72 bits per heavy atom. The molecule has 32 heavy (non-hydrogen) atoms. The van der Waals surface area contributed by atoms with Crippen molar-refractivity contribution in [3.05, 3.63) is 59.9 Å². The van der Waals surface area contributed by atoms with Crippen molar-refractivity contribution in [1.29, 1.82) is 0 Å². The van der Waals surface area contributed by atoms with E-state index in [1.54, 1.807) is 20.3 Å². The smallest absolute Gasteiger partial charge is 0.244 e. The number of nitrogens with zero attached hydrogens (tertiary/aromatic N) is 3. The maximum absolute atomic E-state index is 12.4. The Kier molecular flexibility index (Phi) is 8.27. The minimum Gasteiger partial charge on any atom is -0.497 e. The van der Waals surface area contributed by atoms with Crippen molar-refractivity contribution in [3.63, 3.8) is 0 Å². The van der Waals surface area contributed by atoms with Crippen LogP contribution < -0.4 is 14.8 Å². The second-order valence-electron chi connectivity index (χ2n) is 7.81. The van der Waals surface area contributed by atoms with E-state index in [0.717, 1.165) is 41.9 Å². The average molecular weight is 437 g/mol. The number of fused-ring (bicyclic) bond motifs is 1. The van der Waals surface area contributed by atoms with Crippen LogP contribution in [0.5, 0.6) is 11.5 Å². The highest BCUT2D eigenvalue weighted by atomic mass is 16.5. The van der Waals surface area contributed by atoms with Gasteiger partial charge in [0.05, 0.1) is 25.3 Å². The predicted molar refractivity (Wildman–Crippen MR) is 128 cm³/mol. The van der Waals surface area contributed by atoms with Crippen LogP contribution in [-0.2, 0) is 17.8 Å². The maximum atomic E-state index is 12.4. The Bertz CT molecular complexity index is 1070. The number of para-hydroxylation sites is 2. The van der Waals surface area contributed by atoms with E-state index in [0.29, 0.717) is 24.5 Å². The summed E-state index contributed by atoms with van der Waals surface area (Å²) in [6.45, 7) is 2.42. The highest BCUT2D eigenvalue weighted by molar-refractivity contribution is 5.92. The number of rotatable bonds is 11. The molecule has 7 nitrogen and oxygen atoms in total. The summed E-state index contributed by atoms with van der Waals surface area (Å²) in [4.78, 5) is 19.3. The molecule has 170 valence electrons. The molecule has 2 aromatic carbocycles. The van der Waals surface area contributed by atoms with Gasteiger partial charge in [0.25, 0.3) is 0 Å². The van der Waals surface area contributed by atoms with Crippen molar-refractivity contribution in [2.75, 3.05) is 41.4 Å². The fraction of sp³-hybridized carbons (Fsp3) is 0.360. The number of hydrogen-bond acceptors (Lipinski definition) is 5. The van der Waals surface area contributed by atoms with E-state index in [-0.39, 0.29) is 5.91 Å². The molecule has 3 rings (SSSR count). The molecule has 0 unspecified atom stereocenters. The lowest BCUT2D eigenvalue weighted by Crippen LogP contribution is -2.24. The fourth-order valence-electron chi connectivity index (χ4n) is 3.60. The zero-order chi connectivity index (χ0) is 22.9. The number of benzene rings is 2. The molecule has 0 saturated carbocycles. The van der Waals surface area contributed by atoms with Crippen molar-refractivity contribution < 1.29 is 14.3 Å². The second-order valence-corrected chi connectivity index (χ2v) is 7.81. The van der Waals surface area contributed by atoms with E-state index in [1.165, 1.54) is 6.08 Å². The van der Waals surface area contributed by atoms with Crippen molar-refractivity contribution in [2.24, 2.45) is 0 Å². The molecule has 0 fully saturated rings. The Hall–Kier alpha value is -3.32. The third-order valence-electron chi connectivity index (χ3n) is 5.22. The van der Waals surface area contributed by atoms with Crippen molar-refractivity contribution in [2.45, 2.75) is 19.4 Å². The van der Waals surface area contributed by atoms with Crippen LogP contribution in [0.3, 0.4) is 0 Å². The summed E-state index contributed by atoms with van der Waals surface area (Å²) in [6.07, 6.45) is 4.95. The van der Waals surface area contributed by atoms with E-state index in [9.17, 15) is 4.79 Å². The van der Waals surface area contributed by atoms with Gasteiger partial charge in [-0.1, -0.05) is 12.1 Å². The molecule has 0 aliphatic rings. The Labute approximate surface area is 189 Å². The quantitative estimate of drug-likeness (QED) is 0.467. The summed E-state index contributed by atoms with van der Waals surface area (Å²) < 4.78 is 12.9. The first kappa shape index (κ1) is 23.3. The lowest BCUT2D eigenvalue weighted by molar-refractivity contribution is -0.116. The number of imidazole rings is 1. The minimum absolute atomic E-state index is 0.162. The van der Waals surface area contributed by atoms with Crippen LogP contribution in [0, 0.1) is 0 Å². The number of aromatic nitrogens is 2. The molecular weight excluding hydrogens is 404 g/mol. The number of amides is 1. The summed E-state index contributed by atoms with van der Waals surface area (Å²) in [7, 11) is 7.37. The summed E-state index contributed by atoms with van der Waals surface area (Å²) in [5, 5.41) is 2.95. The first-order chi connectivity index (χ1) is 15.5. The van der Waals surface area contributed by atoms with E-state index >= 15 is 0 Å². The van der Waals surface area contributed by atoms with Crippen LogP contribution in [-0.4, -0.2) is 61.8 Å². The molecule has 1 aromatic heterocycles. The molecule has 0 bridgehead atoms. The predicted octanol–water partition coefficient (Wildman–Crippen LogP) is 3.38. The van der Waals surface area contributed by atoms with E-state index < -0.39 is 0 Å². The molecule has 1 N–H and O–H groups in total. The standard InChI is InChI=1S/C25H32N4O3/c1-28(2)16-7-17-29-22-9-6-5-8-21(22)27-24(29)14-15-26-25(30)13-10-19-18-20(31-3)11-12-23(19)32-4/h5-6,8-13,18H,7,14-17H2,1-4H3,(H,26,30)/b13-10+. The summed E-state index contributed by atoms with van der Waals surface area (Å²) >= 11 is 0. The summed E-state index contributed by atoms with van der Waals surface area (Å²) in [6, 6.07) is 13.6. The summed E-state index contributed by atoms with van der Waals surface area (Å²) in [5.74, 6) is 2.22. The van der Waals surface area contributed by atoms with E-state index in [2.05, 4.69) is 34.9 Å². The van der Waals surface area contributed by atoms with E-state index in [1.807, 2.05) is 36.4 Å². The van der Waals surface area contributed by atoms with Crippen LogP contribution in [0.15, 0.2) is 48.5 Å². The highest BCUT2D eigenvalue weighted by Crippen LogP contribution is 2.25. The highest BCUT2D eigenvalue weighted by Gasteiger charge is 2.11. The van der Waals surface area contributed by atoms with Gasteiger partial charge >= 0.3 is 0 Å². The van der Waals surface area contributed by atoms with Gasteiger partial charge in [-0.05, 0) is 63.5 Å². The molecule has 0 atom stereocenters. The lowest BCUT2D eigenvalue weighted by atomic mass is 10.1. The molecular formula is C25H32N4O3. The lowest BCUT2D eigenvalue weighted by Gasteiger charge is -2.12. The van der Waals surface area contributed by atoms with Gasteiger partial charge in [-0.15, -0.1) is 0 Å². The zero-order valence-corrected chi connectivity index (χ0v) is 19.3. The van der Waals surface area contributed by atoms with Gasteiger partial charge in [0.2, 0.25) is 5.91 Å². The molecule has 0 aliphatic heterocycles.